The molecule has 1 aromatic carbocycles. The molecule has 0 amide bonds. The van der Waals surface area contributed by atoms with Gasteiger partial charge in [0.25, 0.3) is 5.56 Å². The molecule has 0 atom stereocenters. The van der Waals surface area contributed by atoms with Crippen molar-refractivity contribution in [1.29, 1.82) is 5.26 Å². The number of hydrogen-bond donors (Lipinski definition) is 2. The smallest absolute Gasteiger partial charge is 0.332 e. The normalized spacial score (nSPS) is 10.8. The van der Waals surface area contributed by atoms with Crippen LogP contribution in [0.4, 0.5) is 11.5 Å². The lowest BCUT2D eigenvalue weighted by Crippen LogP contribution is -2.39. The molecule has 0 aliphatic carbocycles. The molecule has 0 saturated heterocycles. The van der Waals surface area contributed by atoms with E-state index in [1.54, 1.807) is 6.07 Å². The molecule has 0 aliphatic rings. The van der Waals surface area contributed by atoms with Crippen LogP contribution < -0.4 is 16.6 Å². The Kier molecular flexibility index (Phi) is 4.17. The zero-order valence-electron chi connectivity index (χ0n) is 13.9. The molecule has 0 aliphatic heterocycles. The SMILES string of the molecule is Cn1c(Nc2ccc3c(ccn3CCO)c2)c(C#N)c(=O)n(C)c1=O. The van der Waals surface area contributed by atoms with Crippen molar-refractivity contribution in [2.75, 3.05) is 11.9 Å². The fraction of sp³-hybridized carbons (Fsp3) is 0.235. The molecule has 0 unspecified atom stereocenters. The molecular formula is C17H17N5O3. The van der Waals surface area contributed by atoms with E-state index in [1.165, 1.54) is 18.7 Å². The Bertz CT molecular complexity index is 1110. The minimum atomic E-state index is -0.636. The summed E-state index contributed by atoms with van der Waals surface area (Å²) in [6.45, 7) is 0.544. The van der Waals surface area contributed by atoms with E-state index in [-0.39, 0.29) is 18.0 Å². The van der Waals surface area contributed by atoms with E-state index in [1.807, 2.05) is 35.0 Å². The van der Waals surface area contributed by atoms with E-state index >= 15 is 0 Å². The number of aliphatic hydroxyl groups is 1. The quantitative estimate of drug-likeness (QED) is 0.726. The first kappa shape index (κ1) is 16.5. The summed E-state index contributed by atoms with van der Waals surface area (Å²) in [4.78, 5) is 24.2. The standard InChI is InChI=1S/C17H17N5O3/c1-20-15(13(10-18)16(24)21(2)17(20)25)19-12-3-4-14-11(9-12)5-6-22(14)7-8-23/h3-6,9,19,23H,7-8H2,1-2H3. The van der Waals surface area contributed by atoms with Gasteiger partial charge in [-0.1, -0.05) is 0 Å². The Morgan fingerprint density at radius 2 is 1.96 bits per heavy atom. The van der Waals surface area contributed by atoms with Crippen molar-refractivity contribution >= 4 is 22.4 Å². The number of hydrogen-bond acceptors (Lipinski definition) is 5. The third-order valence-corrected chi connectivity index (χ3v) is 4.15. The van der Waals surface area contributed by atoms with Crippen molar-refractivity contribution in [3.63, 3.8) is 0 Å². The van der Waals surface area contributed by atoms with Gasteiger partial charge in [-0.25, -0.2) is 4.79 Å². The maximum Gasteiger partial charge on any atom is 0.332 e. The molecule has 2 heterocycles. The number of anilines is 2. The van der Waals surface area contributed by atoms with Crippen LogP contribution in [0.5, 0.6) is 0 Å². The zero-order chi connectivity index (χ0) is 18.1. The van der Waals surface area contributed by atoms with E-state index in [4.69, 9.17) is 5.11 Å². The van der Waals surface area contributed by atoms with Gasteiger partial charge in [0.05, 0.1) is 6.61 Å². The fourth-order valence-electron chi connectivity index (χ4n) is 2.81. The predicted octanol–water partition coefficient (Wildman–Crippen LogP) is 0.646. The second-order valence-electron chi connectivity index (χ2n) is 5.67. The summed E-state index contributed by atoms with van der Waals surface area (Å²) in [5.74, 6) is 0.157. The van der Waals surface area contributed by atoms with E-state index in [2.05, 4.69) is 5.32 Å². The molecule has 3 aromatic rings. The van der Waals surface area contributed by atoms with Crippen LogP contribution >= 0.6 is 0 Å². The number of benzene rings is 1. The lowest BCUT2D eigenvalue weighted by atomic mass is 10.2. The number of aliphatic hydroxyl groups excluding tert-OH is 1. The van der Waals surface area contributed by atoms with E-state index in [9.17, 15) is 14.9 Å². The summed E-state index contributed by atoms with van der Waals surface area (Å²) in [5, 5.41) is 22.3. The molecule has 2 N–H and O–H groups in total. The summed E-state index contributed by atoms with van der Waals surface area (Å²) in [7, 11) is 2.84. The molecule has 128 valence electrons. The average Bonchev–Trinajstić information content (AvgIpc) is 3.01. The van der Waals surface area contributed by atoms with Gasteiger partial charge in [-0.3, -0.25) is 13.9 Å². The van der Waals surface area contributed by atoms with Gasteiger partial charge in [0.15, 0.2) is 5.56 Å². The molecule has 3 rings (SSSR count). The van der Waals surface area contributed by atoms with E-state index in [0.717, 1.165) is 15.5 Å². The second kappa shape index (κ2) is 6.30. The summed E-state index contributed by atoms with van der Waals surface area (Å²) in [6, 6.07) is 9.29. The summed E-state index contributed by atoms with van der Waals surface area (Å²) in [5.41, 5.74) is 0.333. The van der Waals surface area contributed by atoms with Gasteiger partial charge in [-0.2, -0.15) is 5.26 Å². The number of rotatable bonds is 4. The molecule has 0 saturated carbocycles. The lowest BCUT2D eigenvalue weighted by molar-refractivity contribution is 0.278. The summed E-state index contributed by atoms with van der Waals surface area (Å²) >= 11 is 0. The van der Waals surface area contributed by atoms with Gasteiger partial charge in [0.2, 0.25) is 0 Å². The van der Waals surface area contributed by atoms with Crippen LogP contribution in [0.15, 0.2) is 40.1 Å². The molecule has 2 aromatic heterocycles. The highest BCUT2D eigenvalue weighted by atomic mass is 16.3. The Labute approximate surface area is 142 Å². The highest BCUT2D eigenvalue weighted by Gasteiger charge is 2.15. The fourth-order valence-corrected chi connectivity index (χ4v) is 2.81. The zero-order valence-corrected chi connectivity index (χ0v) is 13.9. The Morgan fingerprint density at radius 3 is 2.64 bits per heavy atom. The summed E-state index contributed by atoms with van der Waals surface area (Å²) < 4.78 is 4.07. The minimum absolute atomic E-state index is 0.0464. The van der Waals surface area contributed by atoms with Crippen molar-refractivity contribution in [3.8, 4) is 6.07 Å². The molecule has 0 fully saturated rings. The lowest BCUT2D eigenvalue weighted by Gasteiger charge is -2.14. The highest BCUT2D eigenvalue weighted by Crippen LogP contribution is 2.23. The number of nitriles is 1. The van der Waals surface area contributed by atoms with Crippen LogP contribution in [0.1, 0.15) is 5.56 Å². The van der Waals surface area contributed by atoms with Crippen molar-refractivity contribution in [2.45, 2.75) is 6.54 Å². The minimum Gasteiger partial charge on any atom is -0.395 e. The van der Waals surface area contributed by atoms with Crippen LogP contribution in [-0.2, 0) is 20.6 Å². The van der Waals surface area contributed by atoms with Gasteiger partial charge >= 0.3 is 5.69 Å². The maximum atomic E-state index is 12.1. The second-order valence-corrected chi connectivity index (χ2v) is 5.67. The first-order valence-corrected chi connectivity index (χ1v) is 7.65. The predicted molar refractivity (Wildman–Crippen MR) is 93.9 cm³/mol. The third kappa shape index (κ3) is 2.70. The van der Waals surface area contributed by atoms with Crippen LogP contribution in [0, 0.1) is 11.3 Å². The highest BCUT2D eigenvalue weighted by molar-refractivity contribution is 5.84. The van der Waals surface area contributed by atoms with E-state index in [0.29, 0.717) is 12.2 Å². The van der Waals surface area contributed by atoms with Crippen molar-refractivity contribution in [2.24, 2.45) is 14.1 Å². The van der Waals surface area contributed by atoms with Crippen LogP contribution in [0.2, 0.25) is 0 Å². The first-order valence-electron chi connectivity index (χ1n) is 7.65. The van der Waals surface area contributed by atoms with Crippen molar-refractivity contribution in [1.82, 2.24) is 13.7 Å². The average molecular weight is 339 g/mol. The van der Waals surface area contributed by atoms with Gasteiger partial charge < -0.3 is 15.0 Å². The number of fused-ring (bicyclic) bond motifs is 1. The van der Waals surface area contributed by atoms with Crippen molar-refractivity contribution < 1.29 is 5.11 Å². The molecule has 8 heteroatoms. The van der Waals surface area contributed by atoms with Gasteiger partial charge in [0, 0.05) is 43.4 Å². The van der Waals surface area contributed by atoms with Gasteiger partial charge in [-0.15, -0.1) is 0 Å². The number of nitrogens with one attached hydrogen (secondary N) is 1. The van der Waals surface area contributed by atoms with E-state index < -0.39 is 11.2 Å². The maximum absolute atomic E-state index is 12.1. The molecular weight excluding hydrogens is 322 g/mol. The van der Waals surface area contributed by atoms with Gasteiger partial charge in [0.1, 0.15) is 11.9 Å². The Hall–Kier alpha value is -3.31. The Balaban J connectivity index is 2.09. The third-order valence-electron chi connectivity index (χ3n) is 4.15. The van der Waals surface area contributed by atoms with Gasteiger partial charge in [-0.05, 0) is 24.3 Å². The van der Waals surface area contributed by atoms with Crippen molar-refractivity contribution in [3.05, 3.63) is 56.9 Å². The Morgan fingerprint density at radius 1 is 1.20 bits per heavy atom. The molecule has 8 nitrogen and oxygen atoms in total. The van der Waals surface area contributed by atoms with Crippen LogP contribution in [-0.4, -0.2) is 25.4 Å². The van der Waals surface area contributed by atoms with Crippen LogP contribution in [0.25, 0.3) is 10.9 Å². The molecule has 0 radical (unpaired) electrons. The first-order chi connectivity index (χ1) is 12.0. The largest absolute Gasteiger partial charge is 0.395 e. The van der Waals surface area contributed by atoms with Crippen LogP contribution in [0.3, 0.4) is 0 Å². The molecule has 25 heavy (non-hydrogen) atoms. The summed E-state index contributed by atoms with van der Waals surface area (Å²) in [6.07, 6.45) is 1.87. The monoisotopic (exact) mass is 339 g/mol. The molecule has 0 spiro atoms. The molecule has 0 bridgehead atoms. The topological polar surface area (TPSA) is 105 Å². The number of aromatic nitrogens is 3. The number of nitrogens with zero attached hydrogens (tertiary/aromatic N) is 4.